The molecule has 0 bridgehead atoms. The summed E-state index contributed by atoms with van der Waals surface area (Å²) in [5, 5.41) is 5.83. The SMILES string of the molecule is COc1cccc(C(CNC(=O)CCNC(=O)c2ccc(Br)cc2)N2CCCC2)c1. The number of carbonyl (C=O) groups excluding carboxylic acids is 2. The molecule has 1 unspecified atom stereocenters. The van der Waals surface area contributed by atoms with E-state index >= 15 is 0 Å². The van der Waals surface area contributed by atoms with Gasteiger partial charge < -0.3 is 15.4 Å². The van der Waals surface area contributed by atoms with Gasteiger partial charge >= 0.3 is 0 Å². The van der Waals surface area contributed by atoms with Gasteiger partial charge in [0.1, 0.15) is 5.75 Å². The molecular formula is C23H28BrN3O3. The lowest BCUT2D eigenvalue weighted by Crippen LogP contribution is -2.38. The van der Waals surface area contributed by atoms with Crippen LogP contribution in [0.3, 0.4) is 0 Å². The minimum absolute atomic E-state index is 0.0711. The van der Waals surface area contributed by atoms with Crippen LogP contribution in [0, 0.1) is 0 Å². The van der Waals surface area contributed by atoms with Gasteiger partial charge in [0.15, 0.2) is 0 Å². The number of nitrogens with zero attached hydrogens (tertiary/aromatic N) is 1. The Bertz CT molecular complexity index is 851. The molecule has 7 heteroatoms. The van der Waals surface area contributed by atoms with E-state index in [9.17, 15) is 9.59 Å². The number of nitrogens with one attached hydrogen (secondary N) is 2. The topological polar surface area (TPSA) is 70.7 Å². The van der Waals surface area contributed by atoms with E-state index in [4.69, 9.17) is 4.74 Å². The van der Waals surface area contributed by atoms with Crippen LogP contribution in [0.2, 0.25) is 0 Å². The first kappa shape index (κ1) is 22.3. The van der Waals surface area contributed by atoms with Crippen LogP contribution in [0.15, 0.2) is 53.0 Å². The zero-order chi connectivity index (χ0) is 21.3. The number of amides is 2. The molecule has 0 radical (unpaired) electrons. The highest BCUT2D eigenvalue weighted by molar-refractivity contribution is 9.10. The molecule has 1 aliphatic rings. The maximum Gasteiger partial charge on any atom is 0.251 e. The number of methoxy groups -OCH3 is 1. The third kappa shape index (κ3) is 6.31. The maximum absolute atomic E-state index is 12.4. The Labute approximate surface area is 186 Å². The second kappa shape index (κ2) is 11.1. The smallest absolute Gasteiger partial charge is 0.251 e. The molecule has 0 aliphatic carbocycles. The first-order chi connectivity index (χ1) is 14.6. The summed E-state index contributed by atoms with van der Waals surface area (Å²) in [4.78, 5) is 26.9. The summed E-state index contributed by atoms with van der Waals surface area (Å²) in [7, 11) is 1.66. The molecule has 1 heterocycles. The summed E-state index contributed by atoms with van der Waals surface area (Å²) in [5.74, 6) is 0.568. The monoisotopic (exact) mass is 473 g/mol. The predicted molar refractivity (Wildman–Crippen MR) is 121 cm³/mol. The van der Waals surface area contributed by atoms with Crippen LogP contribution in [0.5, 0.6) is 5.75 Å². The molecule has 6 nitrogen and oxygen atoms in total. The summed E-state index contributed by atoms with van der Waals surface area (Å²) in [6.45, 7) is 2.89. The molecule has 2 aromatic carbocycles. The third-order valence-corrected chi connectivity index (χ3v) is 5.83. The number of halogens is 1. The highest BCUT2D eigenvalue weighted by Crippen LogP contribution is 2.27. The van der Waals surface area contributed by atoms with E-state index in [1.54, 1.807) is 19.2 Å². The van der Waals surface area contributed by atoms with Gasteiger partial charge in [-0.05, 0) is 67.9 Å². The molecule has 0 saturated carbocycles. The van der Waals surface area contributed by atoms with Crippen LogP contribution in [-0.4, -0.2) is 50.0 Å². The third-order valence-electron chi connectivity index (χ3n) is 5.30. The van der Waals surface area contributed by atoms with E-state index in [1.807, 2.05) is 30.3 Å². The molecule has 1 fully saturated rings. The summed E-state index contributed by atoms with van der Waals surface area (Å²) < 4.78 is 6.28. The van der Waals surface area contributed by atoms with Crippen molar-refractivity contribution in [2.75, 3.05) is 33.3 Å². The number of benzene rings is 2. The zero-order valence-corrected chi connectivity index (χ0v) is 18.8. The number of hydrogen-bond donors (Lipinski definition) is 2. The van der Waals surface area contributed by atoms with Crippen LogP contribution in [0.25, 0.3) is 0 Å². The number of hydrogen-bond acceptors (Lipinski definition) is 4. The largest absolute Gasteiger partial charge is 0.497 e. The van der Waals surface area contributed by atoms with Crippen molar-refractivity contribution >= 4 is 27.7 Å². The average Bonchev–Trinajstić information content (AvgIpc) is 3.29. The molecule has 1 atom stereocenters. The van der Waals surface area contributed by atoms with Gasteiger partial charge in [0.2, 0.25) is 5.91 Å². The minimum atomic E-state index is -0.179. The second-order valence-corrected chi connectivity index (χ2v) is 8.27. The Hall–Kier alpha value is -2.38. The maximum atomic E-state index is 12.4. The highest BCUT2D eigenvalue weighted by atomic mass is 79.9. The molecule has 1 aliphatic heterocycles. The summed E-state index contributed by atoms with van der Waals surface area (Å²) in [5.41, 5.74) is 1.71. The molecule has 160 valence electrons. The molecular weight excluding hydrogens is 446 g/mol. The van der Waals surface area contributed by atoms with Crippen LogP contribution in [-0.2, 0) is 4.79 Å². The van der Waals surface area contributed by atoms with Gasteiger partial charge in [0, 0.05) is 29.5 Å². The van der Waals surface area contributed by atoms with Crippen molar-refractivity contribution in [1.29, 1.82) is 0 Å². The predicted octanol–water partition coefficient (Wildman–Crippen LogP) is 3.53. The van der Waals surface area contributed by atoms with Crippen LogP contribution < -0.4 is 15.4 Å². The van der Waals surface area contributed by atoms with E-state index in [2.05, 4.69) is 37.5 Å². The van der Waals surface area contributed by atoms with Crippen LogP contribution >= 0.6 is 15.9 Å². The van der Waals surface area contributed by atoms with Gasteiger partial charge in [-0.15, -0.1) is 0 Å². The van der Waals surface area contributed by atoms with E-state index in [-0.39, 0.29) is 24.3 Å². The Kier molecular flexibility index (Phi) is 8.28. The fraction of sp³-hybridized carbons (Fsp3) is 0.391. The van der Waals surface area contributed by atoms with Crippen LogP contribution in [0.1, 0.15) is 41.2 Å². The Morgan fingerprint density at radius 1 is 1.10 bits per heavy atom. The van der Waals surface area contributed by atoms with Crippen molar-refractivity contribution in [2.24, 2.45) is 0 Å². The van der Waals surface area contributed by atoms with E-state index in [1.165, 1.54) is 12.8 Å². The summed E-state index contributed by atoms with van der Waals surface area (Å²) >= 11 is 3.35. The van der Waals surface area contributed by atoms with Gasteiger partial charge in [-0.25, -0.2) is 0 Å². The molecule has 1 saturated heterocycles. The quantitative estimate of drug-likeness (QED) is 0.584. The lowest BCUT2D eigenvalue weighted by Gasteiger charge is -2.28. The number of carbonyl (C=O) groups is 2. The highest BCUT2D eigenvalue weighted by Gasteiger charge is 2.24. The molecule has 30 heavy (non-hydrogen) atoms. The Balaban J connectivity index is 1.50. The number of rotatable bonds is 9. The fourth-order valence-corrected chi connectivity index (χ4v) is 3.92. The van der Waals surface area contributed by atoms with Gasteiger partial charge in [-0.2, -0.15) is 0 Å². The van der Waals surface area contributed by atoms with Crippen molar-refractivity contribution < 1.29 is 14.3 Å². The molecule has 2 N–H and O–H groups in total. The number of ether oxygens (including phenoxy) is 1. The van der Waals surface area contributed by atoms with Crippen molar-refractivity contribution in [1.82, 2.24) is 15.5 Å². The standard InChI is InChI=1S/C23H28BrN3O3/c1-30-20-6-4-5-18(15-20)21(27-13-2-3-14-27)16-26-22(28)11-12-25-23(29)17-7-9-19(24)10-8-17/h4-10,15,21H,2-3,11-14,16H2,1H3,(H,25,29)(H,26,28). The van der Waals surface area contributed by atoms with Gasteiger partial charge in [0.05, 0.1) is 13.2 Å². The van der Waals surface area contributed by atoms with E-state index in [0.29, 0.717) is 18.7 Å². The molecule has 0 spiro atoms. The van der Waals surface area contributed by atoms with Crippen LogP contribution in [0.4, 0.5) is 0 Å². The lowest BCUT2D eigenvalue weighted by molar-refractivity contribution is -0.121. The fourth-order valence-electron chi connectivity index (χ4n) is 3.65. The van der Waals surface area contributed by atoms with Crippen molar-refractivity contribution in [3.63, 3.8) is 0 Å². The Morgan fingerprint density at radius 2 is 1.83 bits per heavy atom. The first-order valence-electron chi connectivity index (χ1n) is 10.3. The number of likely N-dealkylation sites (tertiary alicyclic amines) is 1. The van der Waals surface area contributed by atoms with Gasteiger partial charge in [-0.3, -0.25) is 14.5 Å². The van der Waals surface area contributed by atoms with E-state index < -0.39 is 0 Å². The summed E-state index contributed by atoms with van der Waals surface area (Å²) in [6, 6.07) is 15.3. The molecule has 2 amide bonds. The van der Waals surface area contributed by atoms with Crippen molar-refractivity contribution in [3.8, 4) is 5.75 Å². The second-order valence-electron chi connectivity index (χ2n) is 7.35. The molecule has 3 rings (SSSR count). The van der Waals surface area contributed by atoms with Crippen molar-refractivity contribution in [3.05, 3.63) is 64.1 Å². The zero-order valence-electron chi connectivity index (χ0n) is 17.2. The lowest BCUT2D eigenvalue weighted by atomic mass is 10.0. The van der Waals surface area contributed by atoms with Crippen molar-refractivity contribution in [2.45, 2.75) is 25.3 Å². The van der Waals surface area contributed by atoms with Gasteiger partial charge in [-0.1, -0.05) is 28.1 Å². The first-order valence-corrected chi connectivity index (χ1v) is 11.0. The average molecular weight is 474 g/mol. The normalized spacial score (nSPS) is 14.9. The minimum Gasteiger partial charge on any atom is -0.497 e. The Morgan fingerprint density at radius 3 is 2.53 bits per heavy atom. The van der Waals surface area contributed by atoms with E-state index in [0.717, 1.165) is 28.9 Å². The summed E-state index contributed by atoms with van der Waals surface area (Å²) in [6.07, 6.45) is 2.60. The van der Waals surface area contributed by atoms with Gasteiger partial charge in [0.25, 0.3) is 5.91 Å². The molecule has 2 aromatic rings. The molecule has 0 aromatic heterocycles.